The molecule has 2 aromatic carbocycles. The van der Waals surface area contributed by atoms with Gasteiger partial charge in [-0.05, 0) is 55.5 Å². The Morgan fingerprint density at radius 3 is 2.57 bits per heavy atom. The molecule has 1 amide bonds. The highest BCUT2D eigenvalue weighted by molar-refractivity contribution is 5.93. The molecular weight excluding hydrogens is 358 g/mol. The number of ether oxygens (including phenoxy) is 3. The number of esters is 1. The van der Waals surface area contributed by atoms with E-state index in [4.69, 9.17) is 14.2 Å². The van der Waals surface area contributed by atoms with Crippen molar-refractivity contribution in [3.05, 3.63) is 59.2 Å². The predicted octanol–water partition coefficient (Wildman–Crippen LogP) is 3.44. The minimum absolute atomic E-state index is 0.0558. The fourth-order valence-corrected chi connectivity index (χ4v) is 3.44. The maximum atomic E-state index is 12.6. The molecule has 0 aliphatic heterocycles. The number of nitrogens with one attached hydrogen (secondary N) is 1. The normalized spacial score (nSPS) is 16.5. The molecule has 28 heavy (non-hydrogen) atoms. The number of carbonyl (C=O) groups excluding carboxylic acids is 2. The molecule has 2 atom stereocenters. The summed E-state index contributed by atoms with van der Waals surface area (Å²) in [5.41, 5.74) is 2.69. The van der Waals surface area contributed by atoms with Crippen molar-refractivity contribution < 1.29 is 23.8 Å². The van der Waals surface area contributed by atoms with Gasteiger partial charge in [-0.15, -0.1) is 0 Å². The first kappa shape index (κ1) is 19.7. The summed E-state index contributed by atoms with van der Waals surface area (Å²) >= 11 is 0. The summed E-state index contributed by atoms with van der Waals surface area (Å²) in [4.78, 5) is 25.0. The number of aryl methyl sites for hydroxylation is 1. The Labute approximate surface area is 164 Å². The fraction of sp³-hybridized carbons (Fsp3) is 0.364. The van der Waals surface area contributed by atoms with Crippen LogP contribution >= 0.6 is 0 Å². The highest BCUT2D eigenvalue weighted by Gasteiger charge is 2.25. The number of fused-ring (bicyclic) bond motifs is 1. The molecule has 3 rings (SSSR count). The molecule has 0 fully saturated rings. The lowest BCUT2D eigenvalue weighted by Crippen LogP contribution is -2.39. The SMILES string of the molecule is COc1ccc(C(=O)O[C@H](C)C(=O)N[C@@H]2CCCc3ccccc32)cc1OC. The lowest BCUT2D eigenvalue weighted by molar-refractivity contribution is -0.130. The van der Waals surface area contributed by atoms with Crippen LogP contribution in [0.15, 0.2) is 42.5 Å². The van der Waals surface area contributed by atoms with Gasteiger partial charge in [-0.2, -0.15) is 0 Å². The third-order valence-electron chi connectivity index (χ3n) is 4.96. The van der Waals surface area contributed by atoms with E-state index in [-0.39, 0.29) is 11.9 Å². The Bertz CT molecular complexity index is 864. The topological polar surface area (TPSA) is 73.9 Å². The van der Waals surface area contributed by atoms with Crippen LogP contribution in [0, 0.1) is 0 Å². The Kier molecular flexibility index (Phi) is 6.19. The van der Waals surface area contributed by atoms with E-state index in [0.717, 1.165) is 24.8 Å². The van der Waals surface area contributed by atoms with Crippen LogP contribution < -0.4 is 14.8 Å². The van der Waals surface area contributed by atoms with Crippen LogP contribution in [-0.2, 0) is 16.0 Å². The van der Waals surface area contributed by atoms with Crippen molar-refractivity contribution in [3.63, 3.8) is 0 Å². The van der Waals surface area contributed by atoms with Gasteiger partial charge in [-0.1, -0.05) is 24.3 Å². The highest BCUT2D eigenvalue weighted by atomic mass is 16.5. The van der Waals surface area contributed by atoms with Crippen molar-refractivity contribution >= 4 is 11.9 Å². The Balaban J connectivity index is 1.64. The van der Waals surface area contributed by atoms with Gasteiger partial charge < -0.3 is 19.5 Å². The number of benzene rings is 2. The van der Waals surface area contributed by atoms with Crippen LogP contribution in [0.25, 0.3) is 0 Å². The molecule has 6 nitrogen and oxygen atoms in total. The van der Waals surface area contributed by atoms with Crippen molar-refractivity contribution in [1.29, 1.82) is 0 Å². The number of carbonyl (C=O) groups is 2. The molecule has 0 saturated heterocycles. The Morgan fingerprint density at radius 1 is 1.07 bits per heavy atom. The summed E-state index contributed by atoms with van der Waals surface area (Å²) in [5.74, 6) is 0.0387. The van der Waals surface area contributed by atoms with Crippen molar-refractivity contribution in [2.75, 3.05) is 14.2 Å². The third kappa shape index (κ3) is 4.27. The molecule has 0 aromatic heterocycles. The van der Waals surface area contributed by atoms with Crippen molar-refractivity contribution in [2.24, 2.45) is 0 Å². The molecule has 0 saturated carbocycles. The second kappa shape index (κ2) is 8.78. The Hall–Kier alpha value is -3.02. The molecule has 0 bridgehead atoms. The first-order valence-corrected chi connectivity index (χ1v) is 9.34. The molecule has 2 aromatic rings. The van der Waals surface area contributed by atoms with Gasteiger partial charge in [0.1, 0.15) is 0 Å². The van der Waals surface area contributed by atoms with Gasteiger partial charge in [0.15, 0.2) is 17.6 Å². The number of amides is 1. The van der Waals surface area contributed by atoms with E-state index in [1.807, 2.05) is 18.2 Å². The van der Waals surface area contributed by atoms with Crippen molar-refractivity contribution in [2.45, 2.75) is 38.3 Å². The average Bonchev–Trinajstić information content (AvgIpc) is 2.73. The monoisotopic (exact) mass is 383 g/mol. The van der Waals surface area contributed by atoms with Gasteiger partial charge in [-0.25, -0.2) is 4.79 Å². The first-order valence-electron chi connectivity index (χ1n) is 9.34. The number of hydrogen-bond acceptors (Lipinski definition) is 5. The maximum absolute atomic E-state index is 12.6. The zero-order valence-corrected chi connectivity index (χ0v) is 16.4. The molecule has 1 aliphatic carbocycles. The van der Waals surface area contributed by atoms with Crippen LogP contribution in [0.4, 0.5) is 0 Å². The summed E-state index contributed by atoms with van der Waals surface area (Å²) in [6.45, 7) is 1.57. The summed E-state index contributed by atoms with van der Waals surface area (Å²) < 4.78 is 15.7. The van der Waals surface area contributed by atoms with Crippen molar-refractivity contribution in [3.8, 4) is 11.5 Å². The first-order chi connectivity index (χ1) is 13.5. The van der Waals surface area contributed by atoms with Crippen LogP contribution in [0.2, 0.25) is 0 Å². The molecule has 0 unspecified atom stereocenters. The number of methoxy groups -OCH3 is 2. The standard InChI is InChI=1S/C22H25NO5/c1-14(28-22(25)16-11-12-19(26-2)20(13-16)27-3)21(24)23-18-10-6-8-15-7-4-5-9-17(15)18/h4-5,7,9,11-14,18H,6,8,10H2,1-3H3,(H,23,24)/t14-,18-/m1/s1. The summed E-state index contributed by atoms with van der Waals surface area (Å²) in [5, 5.41) is 3.01. The smallest absolute Gasteiger partial charge is 0.339 e. The number of rotatable bonds is 6. The minimum atomic E-state index is -0.908. The summed E-state index contributed by atoms with van der Waals surface area (Å²) in [6, 6.07) is 12.8. The van der Waals surface area contributed by atoms with Crippen LogP contribution in [0.5, 0.6) is 11.5 Å². The summed E-state index contributed by atoms with van der Waals surface area (Å²) in [7, 11) is 3.01. The van der Waals surface area contributed by atoms with Crippen molar-refractivity contribution in [1.82, 2.24) is 5.32 Å². The number of hydrogen-bond donors (Lipinski definition) is 1. The van der Waals surface area contributed by atoms with E-state index in [1.165, 1.54) is 25.8 Å². The molecule has 6 heteroatoms. The van der Waals surface area contributed by atoms with Gasteiger partial charge in [-0.3, -0.25) is 4.79 Å². The van der Waals surface area contributed by atoms with E-state index in [9.17, 15) is 9.59 Å². The maximum Gasteiger partial charge on any atom is 0.339 e. The summed E-state index contributed by atoms with van der Waals surface area (Å²) in [6.07, 6.45) is 2.00. The minimum Gasteiger partial charge on any atom is -0.493 e. The molecule has 0 spiro atoms. The zero-order valence-electron chi connectivity index (χ0n) is 16.4. The van der Waals surface area contributed by atoms with Crippen LogP contribution in [0.1, 0.15) is 47.3 Å². The molecular formula is C22H25NO5. The van der Waals surface area contributed by atoms with E-state index < -0.39 is 12.1 Å². The Morgan fingerprint density at radius 2 is 1.82 bits per heavy atom. The molecule has 0 heterocycles. The molecule has 1 aliphatic rings. The molecule has 0 radical (unpaired) electrons. The van der Waals surface area contributed by atoms with Crippen LogP contribution in [0.3, 0.4) is 0 Å². The third-order valence-corrected chi connectivity index (χ3v) is 4.96. The van der Waals surface area contributed by atoms with E-state index in [1.54, 1.807) is 19.1 Å². The lowest BCUT2D eigenvalue weighted by Gasteiger charge is -2.27. The zero-order chi connectivity index (χ0) is 20.1. The second-order valence-corrected chi connectivity index (χ2v) is 6.77. The lowest BCUT2D eigenvalue weighted by atomic mass is 9.87. The predicted molar refractivity (Wildman–Crippen MR) is 105 cm³/mol. The molecule has 148 valence electrons. The highest BCUT2D eigenvalue weighted by Crippen LogP contribution is 2.30. The quantitative estimate of drug-likeness (QED) is 0.774. The van der Waals surface area contributed by atoms with E-state index >= 15 is 0 Å². The van der Waals surface area contributed by atoms with Gasteiger partial charge >= 0.3 is 5.97 Å². The fourth-order valence-electron chi connectivity index (χ4n) is 3.44. The van der Waals surface area contributed by atoms with Gasteiger partial charge in [0.05, 0.1) is 25.8 Å². The van der Waals surface area contributed by atoms with Crippen LogP contribution in [-0.4, -0.2) is 32.2 Å². The second-order valence-electron chi connectivity index (χ2n) is 6.77. The van der Waals surface area contributed by atoms with E-state index in [0.29, 0.717) is 17.1 Å². The van der Waals surface area contributed by atoms with Gasteiger partial charge in [0.25, 0.3) is 5.91 Å². The van der Waals surface area contributed by atoms with Gasteiger partial charge in [0.2, 0.25) is 0 Å². The largest absolute Gasteiger partial charge is 0.493 e. The molecule has 1 N–H and O–H groups in total. The average molecular weight is 383 g/mol. The van der Waals surface area contributed by atoms with Gasteiger partial charge in [0, 0.05) is 0 Å². The van der Waals surface area contributed by atoms with E-state index in [2.05, 4.69) is 11.4 Å².